The van der Waals surface area contributed by atoms with Gasteiger partial charge in [-0.05, 0) is 31.4 Å². The maximum atomic E-state index is 15.5. The molecule has 36 heavy (non-hydrogen) atoms. The molecule has 0 amide bonds. The van der Waals surface area contributed by atoms with Crippen LogP contribution in [-0.4, -0.2) is 62.0 Å². The van der Waals surface area contributed by atoms with Crippen LogP contribution in [0.15, 0.2) is 42.7 Å². The number of nitrogens with one attached hydrogen (secondary N) is 1. The first-order valence-corrected chi connectivity index (χ1v) is 11.9. The van der Waals surface area contributed by atoms with Crippen LogP contribution >= 0.6 is 0 Å². The second-order valence-corrected chi connectivity index (χ2v) is 9.95. The first-order valence-electron chi connectivity index (χ1n) is 11.9. The highest BCUT2D eigenvalue weighted by molar-refractivity contribution is 5.84. The van der Waals surface area contributed by atoms with Crippen LogP contribution in [0.2, 0.25) is 0 Å². The van der Waals surface area contributed by atoms with Crippen LogP contribution in [0.25, 0.3) is 33.3 Å². The summed E-state index contributed by atoms with van der Waals surface area (Å²) in [7, 11) is 0. The Labute approximate surface area is 205 Å². The van der Waals surface area contributed by atoms with Crippen molar-refractivity contribution in [1.82, 2.24) is 19.7 Å². The first kappa shape index (κ1) is 23.1. The topological polar surface area (TPSA) is 94.4 Å². The predicted octanol–water partition coefficient (Wildman–Crippen LogP) is 4.08. The highest BCUT2D eigenvalue weighted by atomic mass is 19.1. The number of benzene rings is 2. The van der Waals surface area contributed by atoms with Crippen LogP contribution in [0.4, 0.5) is 8.78 Å². The monoisotopic (exact) mass is 496 g/mol. The molecule has 0 aliphatic carbocycles. The number of fused-ring (bicyclic) bond motifs is 2. The Morgan fingerprint density at radius 2 is 1.94 bits per heavy atom. The average Bonchev–Trinajstić information content (AvgIpc) is 3.59. The van der Waals surface area contributed by atoms with Gasteiger partial charge >= 0.3 is 0 Å². The minimum Gasteiger partial charge on any atom is -0.456 e. The van der Waals surface area contributed by atoms with Gasteiger partial charge in [0.15, 0.2) is 11.9 Å². The minimum absolute atomic E-state index is 0.000929. The smallest absolute Gasteiger partial charge is 0.295 e. The molecule has 3 atom stereocenters. The summed E-state index contributed by atoms with van der Waals surface area (Å²) in [4.78, 5) is 7.11. The Morgan fingerprint density at radius 3 is 2.72 bits per heavy atom. The number of ether oxygens (including phenoxy) is 3. The number of aromatic amines is 1. The van der Waals surface area contributed by atoms with Crippen LogP contribution in [-0.2, 0) is 16.0 Å². The number of H-pyrrole nitrogens is 1. The minimum atomic E-state index is -0.893. The number of halogens is 2. The van der Waals surface area contributed by atoms with E-state index >= 15 is 8.78 Å². The Kier molecular flexibility index (Phi) is 5.55. The standard InChI is InChI=1S/C26H26F2N4O4/c1-26(2,33)13-32-11-16(10-29-32)14-3-5-15(6-4-14)21-17(27)9-18-23(22(21)28)31-25(30-18)36-20-12-35-19-7-8-34-24(19)20/h3-6,9-11,19-20,24,33H,7-8,12-13H2,1-2H3,(H,30,31). The fourth-order valence-corrected chi connectivity index (χ4v) is 4.88. The van der Waals surface area contributed by atoms with E-state index in [2.05, 4.69) is 15.1 Å². The number of aromatic nitrogens is 4. The number of hydrogen-bond acceptors (Lipinski definition) is 6. The van der Waals surface area contributed by atoms with E-state index in [1.807, 2.05) is 6.20 Å². The molecule has 0 bridgehead atoms. The first-order chi connectivity index (χ1) is 17.2. The summed E-state index contributed by atoms with van der Waals surface area (Å²) in [6, 6.07) is 8.20. The van der Waals surface area contributed by atoms with Gasteiger partial charge in [-0.1, -0.05) is 24.3 Å². The summed E-state index contributed by atoms with van der Waals surface area (Å²) in [5, 5.41) is 14.3. The molecule has 4 heterocycles. The third-order valence-corrected chi connectivity index (χ3v) is 6.52. The fourth-order valence-electron chi connectivity index (χ4n) is 4.88. The fraction of sp³-hybridized carbons (Fsp3) is 0.385. The molecule has 8 nitrogen and oxygen atoms in total. The summed E-state index contributed by atoms with van der Waals surface area (Å²) in [6.45, 7) is 4.73. The van der Waals surface area contributed by atoms with Gasteiger partial charge in [0.05, 0.1) is 42.1 Å². The molecule has 2 N–H and O–H groups in total. The molecule has 6 rings (SSSR count). The lowest BCUT2D eigenvalue weighted by atomic mass is 10.0. The van der Waals surface area contributed by atoms with Gasteiger partial charge in [0.1, 0.15) is 17.4 Å². The van der Waals surface area contributed by atoms with Crippen LogP contribution in [0, 0.1) is 11.6 Å². The number of hydrogen-bond donors (Lipinski definition) is 2. The van der Waals surface area contributed by atoms with E-state index in [-0.39, 0.29) is 40.9 Å². The SMILES string of the molecule is CC(C)(O)Cn1cc(-c2ccc(-c3c(F)cc4[nH]c(OC5COC6CCOC65)nc4c3F)cc2)cn1. The summed E-state index contributed by atoms with van der Waals surface area (Å²) in [6.07, 6.45) is 3.78. The van der Waals surface area contributed by atoms with Crippen molar-refractivity contribution < 1.29 is 28.1 Å². The van der Waals surface area contributed by atoms with Crippen molar-refractivity contribution in [2.45, 2.75) is 50.7 Å². The molecule has 2 aliphatic heterocycles. The normalized spacial score (nSPS) is 21.9. The number of aliphatic hydroxyl groups is 1. The number of imidazole rings is 1. The van der Waals surface area contributed by atoms with Gasteiger partial charge in [0.25, 0.3) is 6.01 Å². The van der Waals surface area contributed by atoms with E-state index in [4.69, 9.17) is 14.2 Å². The van der Waals surface area contributed by atoms with Crippen LogP contribution in [0.3, 0.4) is 0 Å². The molecule has 0 spiro atoms. The highest BCUT2D eigenvalue weighted by Gasteiger charge is 2.43. The van der Waals surface area contributed by atoms with Crippen LogP contribution in [0.1, 0.15) is 20.3 Å². The molecule has 10 heteroatoms. The van der Waals surface area contributed by atoms with E-state index in [0.29, 0.717) is 25.3 Å². The Hall–Kier alpha value is -3.34. The second-order valence-electron chi connectivity index (χ2n) is 9.95. The predicted molar refractivity (Wildman–Crippen MR) is 127 cm³/mol. The zero-order valence-corrected chi connectivity index (χ0v) is 19.9. The number of nitrogens with zero attached hydrogens (tertiary/aromatic N) is 3. The molecule has 2 aromatic heterocycles. The maximum Gasteiger partial charge on any atom is 0.295 e. The van der Waals surface area contributed by atoms with Crippen molar-refractivity contribution in [1.29, 1.82) is 0 Å². The van der Waals surface area contributed by atoms with Crippen molar-refractivity contribution in [3.8, 4) is 28.3 Å². The van der Waals surface area contributed by atoms with E-state index in [1.54, 1.807) is 49.0 Å². The highest BCUT2D eigenvalue weighted by Crippen LogP contribution is 2.34. The zero-order valence-electron chi connectivity index (χ0n) is 19.9. The van der Waals surface area contributed by atoms with Gasteiger partial charge < -0.3 is 24.3 Å². The van der Waals surface area contributed by atoms with Gasteiger partial charge in [-0.2, -0.15) is 10.1 Å². The van der Waals surface area contributed by atoms with Crippen molar-refractivity contribution in [3.63, 3.8) is 0 Å². The summed E-state index contributed by atoms with van der Waals surface area (Å²) >= 11 is 0. The van der Waals surface area contributed by atoms with Gasteiger partial charge in [-0.25, -0.2) is 8.78 Å². The summed E-state index contributed by atoms with van der Waals surface area (Å²) in [5.41, 5.74) is 1.22. The van der Waals surface area contributed by atoms with E-state index in [1.165, 1.54) is 6.07 Å². The van der Waals surface area contributed by atoms with Gasteiger partial charge in [-0.3, -0.25) is 4.68 Å². The van der Waals surface area contributed by atoms with Gasteiger partial charge in [-0.15, -0.1) is 0 Å². The molecule has 2 aromatic carbocycles. The Bertz CT molecular complexity index is 1410. The van der Waals surface area contributed by atoms with Gasteiger partial charge in [0.2, 0.25) is 0 Å². The zero-order chi connectivity index (χ0) is 25.0. The Morgan fingerprint density at radius 1 is 1.17 bits per heavy atom. The average molecular weight is 497 g/mol. The molecule has 188 valence electrons. The maximum absolute atomic E-state index is 15.5. The Balaban J connectivity index is 1.26. The summed E-state index contributed by atoms with van der Waals surface area (Å²) in [5.74, 6) is -1.47. The molecular weight excluding hydrogens is 470 g/mol. The molecule has 2 aliphatic rings. The van der Waals surface area contributed by atoms with Crippen molar-refractivity contribution in [3.05, 3.63) is 54.4 Å². The molecule has 0 radical (unpaired) electrons. The van der Waals surface area contributed by atoms with Crippen molar-refractivity contribution in [2.75, 3.05) is 13.2 Å². The lowest BCUT2D eigenvalue weighted by Crippen LogP contribution is -2.32. The number of rotatable bonds is 6. The molecular formula is C26H26F2N4O4. The van der Waals surface area contributed by atoms with E-state index < -0.39 is 17.2 Å². The largest absolute Gasteiger partial charge is 0.456 e. The lowest BCUT2D eigenvalue weighted by Gasteiger charge is -2.16. The van der Waals surface area contributed by atoms with Crippen LogP contribution in [0.5, 0.6) is 6.01 Å². The van der Waals surface area contributed by atoms with Gasteiger partial charge in [0, 0.05) is 24.4 Å². The van der Waals surface area contributed by atoms with E-state index in [0.717, 1.165) is 17.5 Å². The van der Waals surface area contributed by atoms with Crippen molar-refractivity contribution >= 4 is 11.0 Å². The molecule has 2 fully saturated rings. The molecule has 3 unspecified atom stereocenters. The van der Waals surface area contributed by atoms with Crippen LogP contribution < -0.4 is 4.74 Å². The third-order valence-electron chi connectivity index (χ3n) is 6.52. The molecule has 0 saturated carbocycles. The van der Waals surface area contributed by atoms with Crippen molar-refractivity contribution in [2.24, 2.45) is 0 Å². The second kappa shape index (κ2) is 8.65. The quantitative estimate of drug-likeness (QED) is 0.418. The molecule has 2 saturated heterocycles. The summed E-state index contributed by atoms with van der Waals surface area (Å²) < 4.78 is 49.4. The third kappa shape index (κ3) is 4.25. The molecule has 4 aromatic rings. The lowest BCUT2D eigenvalue weighted by molar-refractivity contribution is 0.0273. The van der Waals surface area contributed by atoms with E-state index in [9.17, 15) is 5.11 Å².